The number of guanidine groups is 1. The third-order valence-corrected chi connectivity index (χ3v) is 3.43. The lowest BCUT2D eigenvalue weighted by Gasteiger charge is -2.13. The van der Waals surface area contributed by atoms with E-state index >= 15 is 0 Å². The second kappa shape index (κ2) is 8.36. The van der Waals surface area contributed by atoms with Gasteiger partial charge in [-0.3, -0.25) is 4.99 Å². The van der Waals surface area contributed by atoms with Crippen molar-refractivity contribution < 1.29 is 17.9 Å². The number of aromatic nitrogens is 1. The van der Waals surface area contributed by atoms with Crippen LogP contribution in [0.5, 0.6) is 5.88 Å². The average molecular weight is 352 g/mol. The molecular formula is C17H19F3N4O. The summed E-state index contributed by atoms with van der Waals surface area (Å²) in [6, 6.07) is 8.65. The van der Waals surface area contributed by atoms with Crippen molar-refractivity contribution in [2.24, 2.45) is 4.99 Å². The van der Waals surface area contributed by atoms with Crippen LogP contribution in [-0.4, -0.2) is 25.1 Å². The molecule has 0 aliphatic carbocycles. The molecule has 1 aromatic carbocycles. The molecule has 134 valence electrons. The summed E-state index contributed by atoms with van der Waals surface area (Å²) in [7, 11) is 3.17. The van der Waals surface area contributed by atoms with E-state index in [0.717, 1.165) is 23.3 Å². The molecule has 2 rings (SSSR count). The van der Waals surface area contributed by atoms with Gasteiger partial charge in [-0.05, 0) is 23.3 Å². The van der Waals surface area contributed by atoms with Gasteiger partial charge in [0.25, 0.3) is 0 Å². The summed E-state index contributed by atoms with van der Waals surface area (Å²) >= 11 is 0. The van der Waals surface area contributed by atoms with Crippen LogP contribution in [0, 0.1) is 0 Å². The third kappa shape index (κ3) is 5.66. The molecule has 2 aromatic rings. The van der Waals surface area contributed by atoms with Crippen LogP contribution in [0.2, 0.25) is 0 Å². The fourth-order valence-electron chi connectivity index (χ4n) is 2.04. The summed E-state index contributed by atoms with van der Waals surface area (Å²) in [5.41, 5.74) is 1.01. The molecule has 0 atom stereocenters. The minimum absolute atomic E-state index is 0.360. The monoisotopic (exact) mass is 352 g/mol. The topological polar surface area (TPSA) is 58.5 Å². The summed E-state index contributed by atoms with van der Waals surface area (Å²) in [5, 5.41) is 6.16. The Hall–Kier alpha value is -2.77. The van der Waals surface area contributed by atoms with E-state index in [1.54, 1.807) is 26.4 Å². The minimum atomic E-state index is -4.32. The Morgan fingerprint density at radius 2 is 1.64 bits per heavy atom. The van der Waals surface area contributed by atoms with E-state index in [1.807, 2.05) is 6.07 Å². The Labute approximate surface area is 144 Å². The Morgan fingerprint density at radius 1 is 1.04 bits per heavy atom. The lowest BCUT2D eigenvalue weighted by molar-refractivity contribution is -0.137. The van der Waals surface area contributed by atoms with Gasteiger partial charge in [0.2, 0.25) is 5.88 Å². The maximum absolute atomic E-state index is 12.5. The minimum Gasteiger partial charge on any atom is -0.481 e. The van der Waals surface area contributed by atoms with Gasteiger partial charge in [-0.25, -0.2) is 4.98 Å². The number of nitrogens with zero attached hydrogens (tertiary/aromatic N) is 2. The summed E-state index contributed by atoms with van der Waals surface area (Å²) in [4.78, 5) is 8.19. The van der Waals surface area contributed by atoms with Crippen LogP contribution < -0.4 is 15.4 Å². The number of alkyl halides is 3. The molecule has 0 saturated heterocycles. The van der Waals surface area contributed by atoms with Gasteiger partial charge in [0.15, 0.2) is 5.96 Å². The predicted octanol–water partition coefficient (Wildman–Crippen LogP) is 2.97. The van der Waals surface area contributed by atoms with Crippen LogP contribution in [0.3, 0.4) is 0 Å². The molecule has 0 radical (unpaired) electrons. The van der Waals surface area contributed by atoms with Crippen LogP contribution >= 0.6 is 0 Å². The number of halogens is 3. The van der Waals surface area contributed by atoms with E-state index in [9.17, 15) is 13.2 Å². The van der Waals surface area contributed by atoms with Crippen molar-refractivity contribution >= 4 is 5.96 Å². The first kappa shape index (κ1) is 18.6. The van der Waals surface area contributed by atoms with E-state index in [0.29, 0.717) is 24.9 Å². The zero-order valence-corrected chi connectivity index (χ0v) is 13.9. The van der Waals surface area contributed by atoms with Gasteiger partial charge in [0, 0.05) is 32.4 Å². The van der Waals surface area contributed by atoms with E-state index in [2.05, 4.69) is 20.6 Å². The molecule has 8 heteroatoms. The SMILES string of the molecule is CN=C(NCc1ccc(C(F)(F)F)cc1)NCc1ccc(OC)nc1. The zero-order chi connectivity index (χ0) is 18.3. The Balaban J connectivity index is 1.85. The van der Waals surface area contributed by atoms with Gasteiger partial charge in [-0.2, -0.15) is 13.2 Å². The second-order valence-corrected chi connectivity index (χ2v) is 5.18. The van der Waals surface area contributed by atoms with Crippen molar-refractivity contribution in [1.29, 1.82) is 0 Å². The van der Waals surface area contributed by atoms with Crippen molar-refractivity contribution in [3.63, 3.8) is 0 Å². The van der Waals surface area contributed by atoms with E-state index in [4.69, 9.17) is 4.74 Å². The fraction of sp³-hybridized carbons (Fsp3) is 0.294. The summed E-state index contributed by atoms with van der Waals surface area (Å²) < 4.78 is 42.6. The van der Waals surface area contributed by atoms with Gasteiger partial charge in [-0.15, -0.1) is 0 Å². The zero-order valence-electron chi connectivity index (χ0n) is 13.9. The quantitative estimate of drug-likeness (QED) is 0.642. The highest BCUT2D eigenvalue weighted by molar-refractivity contribution is 5.79. The molecule has 1 heterocycles. The molecule has 0 amide bonds. The maximum Gasteiger partial charge on any atom is 0.416 e. The molecule has 0 fully saturated rings. The summed E-state index contributed by atoms with van der Waals surface area (Å²) in [6.07, 6.45) is -2.63. The molecular weight excluding hydrogens is 333 g/mol. The van der Waals surface area contributed by atoms with E-state index in [1.165, 1.54) is 12.1 Å². The number of pyridine rings is 1. The van der Waals surface area contributed by atoms with Crippen molar-refractivity contribution in [2.75, 3.05) is 14.2 Å². The van der Waals surface area contributed by atoms with Gasteiger partial charge >= 0.3 is 6.18 Å². The number of methoxy groups -OCH3 is 1. The highest BCUT2D eigenvalue weighted by atomic mass is 19.4. The fourth-order valence-corrected chi connectivity index (χ4v) is 2.04. The first-order valence-corrected chi connectivity index (χ1v) is 7.52. The van der Waals surface area contributed by atoms with Gasteiger partial charge in [-0.1, -0.05) is 18.2 Å². The van der Waals surface area contributed by atoms with Crippen molar-refractivity contribution in [3.05, 3.63) is 59.3 Å². The van der Waals surface area contributed by atoms with Crippen LogP contribution in [0.25, 0.3) is 0 Å². The molecule has 0 aliphatic heterocycles. The van der Waals surface area contributed by atoms with E-state index < -0.39 is 11.7 Å². The van der Waals surface area contributed by atoms with Crippen LogP contribution in [0.1, 0.15) is 16.7 Å². The molecule has 25 heavy (non-hydrogen) atoms. The summed E-state index contributed by atoms with van der Waals surface area (Å²) in [5.74, 6) is 1.07. The van der Waals surface area contributed by atoms with Crippen molar-refractivity contribution in [2.45, 2.75) is 19.3 Å². The molecule has 0 spiro atoms. The van der Waals surface area contributed by atoms with Crippen LogP contribution in [0.15, 0.2) is 47.6 Å². The lowest BCUT2D eigenvalue weighted by Crippen LogP contribution is -2.36. The maximum atomic E-state index is 12.5. The highest BCUT2D eigenvalue weighted by Gasteiger charge is 2.29. The van der Waals surface area contributed by atoms with Crippen molar-refractivity contribution in [3.8, 4) is 5.88 Å². The largest absolute Gasteiger partial charge is 0.481 e. The molecule has 0 aliphatic rings. The summed E-state index contributed by atoms with van der Waals surface area (Å²) in [6.45, 7) is 0.863. The van der Waals surface area contributed by atoms with Crippen LogP contribution in [-0.2, 0) is 19.3 Å². The van der Waals surface area contributed by atoms with E-state index in [-0.39, 0.29) is 0 Å². The Bertz CT molecular complexity index is 697. The molecule has 2 N–H and O–H groups in total. The van der Waals surface area contributed by atoms with Crippen molar-refractivity contribution in [1.82, 2.24) is 15.6 Å². The number of aliphatic imine (C=N–C) groups is 1. The van der Waals surface area contributed by atoms with Gasteiger partial charge in [0.05, 0.1) is 12.7 Å². The predicted molar refractivity (Wildman–Crippen MR) is 89.3 cm³/mol. The first-order valence-electron chi connectivity index (χ1n) is 7.52. The number of rotatable bonds is 5. The standard InChI is InChI=1S/C17H19F3N4O/c1-21-16(24-11-13-5-8-15(25-2)22-10-13)23-9-12-3-6-14(7-4-12)17(18,19)20/h3-8,10H,9,11H2,1-2H3,(H2,21,23,24). The van der Waals surface area contributed by atoms with Gasteiger partial charge in [0.1, 0.15) is 0 Å². The molecule has 0 bridgehead atoms. The highest BCUT2D eigenvalue weighted by Crippen LogP contribution is 2.29. The number of ether oxygens (including phenoxy) is 1. The molecule has 1 aromatic heterocycles. The number of benzene rings is 1. The van der Waals surface area contributed by atoms with Gasteiger partial charge < -0.3 is 15.4 Å². The Morgan fingerprint density at radius 3 is 2.12 bits per heavy atom. The number of hydrogen-bond acceptors (Lipinski definition) is 3. The molecule has 5 nitrogen and oxygen atoms in total. The average Bonchev–Trinajstić information content (AvgIpc) is 2.62. The number of nitrogens with one attached hydrogen (secondary N) is 2. The smallest absolute Gasteiger partial charge is 0.416 e. The normalized spacial score (nSPS) is 12.0. The number of hydrogen-bond donors (Lipinski definition) is 2. The first-order chi connectivity index (χ1) is 11.9. The second-order valence-electron chi connectivity index (χ2n) is 5.18. The Kier molecular flexibility index (Phi) is 6.21. The molecule has 0 unspecified atom stereocenters. The molecule has 0 saturated carbocycles. The lowest BCUT2D eigenvalue weighted by atomic mass is 10.1. The van der Waals surface area contributed by atoms with Crippen LogP contribution in [0.4, 0.5) is 13.2 Å². The third-order valence-electron chi connectivity index (χ3n) is 3.43.